The third kappa shape index (κ3) is 5.97. The molecule has 0 saturated heterocycles. The van der Waals surface area contributed by atoms with Crippen molar-refractivity contribution in [2.45, 2.75) is 159 Å². The number of ketones is 1. The van der Waals surface area contributed by atoms with Gasteiger partial charge in [-0.15, -0.1) is 0 Å². The van der Waals surface area contributed by atoms with E-state index >= 15 is 0 Å². The summed E-state index contributed by atoms with van der Waals surface area (Å²) in [5, 5.41) is 9.57. The lowest BCUT2D eigenvalue weighted by atomic mass is 9.36. The fraction of sp³-hybridized carbons (Fsp3) is 0.878. The minimum atomic E-state index is -1.13. The summed E-state index contributed by atoms with van der Waals surface area (Å²) in [4.78, 5) is 41.2. The summed E-state index contributed by atoms with van der Waals surface area (Å²) >= 11 is 0. The van der Waals surface area contributed by atoms with E-state index in [2.05, 4.69) is 67.2 Å². The monoisotopic (exact) mass is 654 g/mol. The SMILES string of the molecule is CCN(CCC12CCC3C(CCC4C3(C)CCC3C(C)(C)C(OC(=O)CC(C)(C)C(=O)O)CCC34C)C1=C(C(C)C)C(=O)C2)C(C)C. The molecule has 0 aliphatic heterocycles. The molecule has 0 spiro atoms. The molecular formula is C41H67NO5. The number of hydrogen-bond acceptors (Lipinski definition) is 5. The highest BCUT2D eigenvalue weighted by Gasteiger charge is 2.66. The second kappa shape index (κ2) is 12.6. The minimum absolute atomic E-state index is 0.0452. The van der Waals surface area contributed by atoms with Gasteiger partial charge in [-0.3, -0.25) is 14.4 Å². The number of allylic oxidation sites excluding steroid dienone is 2. The van der Waals surface area contributed by atoms with Crippen LogP contribution in [0.2, 0.25) is 0 Å². The molecule has 4 saturated carbocycles. The molecule has 4 fully saturated rings. The number of rotatable bonds is 10. The van der Waals surface area contributed by atoms with Gasteiger partial charge in [0.1, 0.15) is 6.10 Å². The van der Waals surface area contributed by atoms with E-state index in [1.165, 1.54) is 31.3 Å². The summed E-state index contributed by atoms with van der Waals surface area (Å²) in [5.74, 6) is 1.56. The third-order valence-electron chi connectivity index (χ3n) is 15.1. The molecule has 8 atom stereocenters. The van der Waals surface area contributed by atoms with Gasteiger partial charge < -0.3 is 14.7 Å². The number of carbonyl (C=O) groups is 3. The van der Waals surface area contributed by atoms with E-state index < -0.39 is 11.4 Å². The van der Waals surface area contributed by atoms with Crippen molar-refractivity contribution in [3.05, 3.63) is 11.1 Å². The van der Waals surface area contributed by atoms with E-state index in [9.17, 15) is 19.5 Å². The van der Waals surface area contributed by atoms with Crippen molar-refractivity contribution in [1.82, 2.24) is 4.90 Å². The summed E-state index contributed by atoms with van der Waals surface area (Å²) in [6.45, 7) is 26.5. The van der Waals surface area contributed by atoms with E-state index in [0.29, 0.717) is 35.5 Å². The predicted octanol–water partition coefficient (Wildman–Crippen LogP) is 9.11. The lowest BCUT2D eigenvalue weighted by Crippen LogP contribution is -2.63. The van der Waals surface area contributed by atoms with E-state index in [1.54, 1.807) is 19.4 Å². The highest BCUT2D eigenvalue weighted by molar-refractivity contribution is 6.00. The molecule has 0 aromatic rings. The van der Waals surface area contributed by atoms with Gasteiger partial charge >= 0.3 is 11.9 Å². The van der Waals surface area contributed by atoms with Gasteiger partial charge in [-0.25, -0.2) is 0 Å². The lowest BCUT2D eigenvalue weighted by molar-refractivity contribution is -0.214. The first-order chi connectivity index (χ1) is 21.7. The highest BCUT2D eigenvalue weighted by Crippen LogP contribution is 2.73. The van der Waals surface area contributed by atoms with Gasteiger partial charge in [0.05, 0.1) is 11.8 Å². The average Bonchev–Trinajstić information content (AvgIpc) is 3.26. The van der Waals surface area contributed by atoms with Gasteiger partial charge in [0.15, 0.2) is 5.78 Å². The number of carboxylic acids is 1. The molecule has 5 aliphatic carbocycles. The summed E-state index contributed by atoms with van der Waals surface area (Å²) in [7, 11) is 0. The number of ether oxygens (including phenoxy) is 1. The minimum Gasteiger partial charge on any atom is -0.481 e. The number of aliphatic carboxylic acids is 1. The Balaban J connectivity index is 1.40. The van der Waals surface area contributed by atoms with Crippen molar-refractivity contribution in [2.24, 2.45) is 56.7 Å². The summed E-state index contributed by atoms with van der Waals surface area (Å²) in [6.07, 6.45) is 10.5. The van der Waals surface area contributed by atoms with Gasteiger partial charge in [0.25, 0.3) is 0 Å². The molecule has 47 heavy (non-hydrogen) atoms. The molecule has 6 nitrogen and oxygen atoms in total. The Hall–Kier alpha value is -1.69. The normalized spacial score (nSPS) is 38.3. The molecular weight excluding hydrogens is 586 g/mol. The molecule has 0 aromatic heterocycles. The number of carboxylic acid groups (broad SMARTS) is 1. The van der Waals surface area contributed by atoms with Crippen LogP contribution in [-0.2, 0) is 19.1 Å². The van der Waals surface area contributed by atoms with Crippen molar-refractivity contribution in [3.8, 4) is 0 Å². The number of carbonyl (C=O) groups excluding carboxylic acids is 2. The first-order valence-corrected chi connectivity index (χ1v) is 19.2. The zero-order valence-electron chi connectivity index (χ0n) is 31.8. The van der Waals surface area contributed by atoms with Crippen molar-refractivity contribution in [2.75, 3.05) is 13.1 Å². The van der Waals surface area contributed by atoms with Crippen LogP contribution in [0.4, 0.5) is 0 Å². The van der Waals surface area contributed by atoms with E-state index in [4.69, 9.17) is 4.74 Å². The quantitative estimate of drug-likeness (QED) is 0.237. The van der Waals surface area contributed by atoms with E-state index in [1.807, 2.05) is 0 Å². The van der Waals surface area contributed by atoms with E-state index in [-0.39, 0.29) is 46.1 Å². The third-order valence-corrected chi connectivity index (χ3v) is 15.1. The summed E-state index contributed by atoms with van der Waals surface area (Å²) < 4.78 is 6.16. The van der Waals surface area contributed by atoms with Gasteiger partial charge in [0, 0.05) is 23.3 Å². The highest BCUT2D eigenvalue weighted by atomic mass is 16.5. The van der Waals surface area contributed by atoms with Crippen molar-refractivity contribution in [3.63, 3.8) is 0 Å². The molecule has 0 bridgehead atoms. The van der Waals surface area contributed by atoms with Crippen molar-refractivity contribution >= 4 is 17.7 Å². The Kier molecular flexibility index (Phi) is 9.79. The summed E-state index contributed by atoms with van der Waals surface area (Å²) in [6, 6.07) is 0.520. The standard InChI is InChI=1S/C41H67NO5/c1-12-42(26(4)5)22-21-41-20-15-28-27(35(41)34(25(2)3)29(43)23-41)13-14-31-39(28,10)18-16-30-38(8,9)32(17-19-40(30,31)11)47-33(44)24-37(6,7)36(45)46/h25-28,30-32H,12-24H2,1-11H3,(H,45,46). The molecule has 8 unspecified atom stereocenters. The summed E-state index contributed by atoms with van der Waals surface area (Å²) in [5.41, 5.74) is 1.93. The zero-order chi connectivity index (χ0) is 34.9. The van der Waals surface area contributed by atoms with Crippen LogP contribution in [0, 0.1) is 56.7 Å². The molecule has 0 radical (unpaired) electrons. The first kappa shape index (κ1) is 36.6. The fourth-order valence-corrected chi connectivity index (χ4v) is 12.7. The number of esters is 1. The lowest BCUT2D eigenvalue weighted by Gasteiger charge is -2.69. The molecule has 5 aliphatic rings. The molecule has 266 valence electrons. The van der Waals surface area contributed by atoms with Crippen LogP contribution in [0.15, 0.2) is 11.1 Å². The van der Waals surface area contributed by atoms with Crippen molar-refractivity contribution < 1.29 is 24.2 Å². The van der Waals surface area contributed by atoms with Crippen LogP contribution in [-0.4, -0.2) is 53.0 Å². The second-order valence-electron chi connectivity index (χ2n) is 19.0. The molecule has 5 rings (SSSR count). The Labute approximate surface area is 286 Å². The van der Waals surface area contributed by atoms with Crippen LogP contribution < -0.4 is 0 Å². The largest absolute Gasteiger partial charge is 0.481 e. The number of Topliss-reactive ketones (excluding diaryl/α,β-unsaturated/α-hetero) is 1. The zero-order valence-corrected chi connectivity index (χ0v) is 31.8. The molecule has 0 amide bonds. The average molecular weight is 654 g/mol. The predicted molar refractivity (Wildman–Crippen MR) is 188 cm³/mol. The van der Waals surface area contributed by atoms with Gasteiger partial charge in [0.2, 0.25) is 0 Å². The maximum Gasteiger partial charge on any atom is 0.309 e. The van der Waals surface area contributed by atoms with Gasteiger partial charge in [-0.1, -0.05) is 54.0 Å². The molecule has 0 heterocycles. The molecule has 6 heteroatoms. The Morgan fingerprint density at radius 2 is 1.60 bits per heavy atom. The van der Waals surface area contributed by atoms with Crippen LogP contribution in [0.5, 0.6) is 0 Å². The number of fused-ring (bicyclic) bond motifs is 7. The van der Waals surface area contributed by atoms with Gasteiger partial charge in [-0.2, -0.15) is 0 Å². The second-order valence-corrected chi connectivity index (χ2v) is 19.0. The Morgan fingerprint density at radius 3 is 2.19 bits per heavy atom. The Morgan fingerprint density at radius 1 is 0.936 bits per heavy atom. The van der Waals surface area contributed by atoms with Gasteiger partial charge in [-0.05, 0) is 145 Å². The van der Waals surface area contributed by atoms with Crippen LogP contribution in [0.1, 0.15) is 147 Å². The molecule has 0 aromatic carbocycles. The van der Waals surface area contributed by atoms with Crippen LogP contribution >= 0.6 is 0 Å². The van der Waals surface area contributed by atoms with Crippen molar-refractivity contribution in [1.29, 1.82) is 0 Å². The topological polar surface area (TPSA) is 83.9 Å². The van der Waals surface area contributed by atoms with Crippen LogP contribution in [0.3, 0.4) is 0 Å². The number of hydrogen-bond donors (Lipinski definition) is 1. The first-order valence-electron chi connectivity index (χ1n) is 19.2. The number of nitrogens with zero attached hydrogens (tertiary/aromatic N) is 1. The van der Waals surface area contributed by atoms with E-state index in [0.717, 1.165) is 51.6 Å². The maximum absolute atomic E-state index is 13.9. The maximum atomic E-state index is 13.9. The van der Waals surface area contributed by atoms with Crippen LogP contribution in [0.25, 0.3) is 0 Å². The smallest absolute Gasteiger partial charge is 0.309 e. The Bertz CT molecular complexity index is 1280. The fourth-order valence-electron chi connectivity index (χ4n) is 12.7. The molecule has 1 N–H and O–H groups in total.